The first-order chi connectivity index (χ1) is 12.0. The van der Waals surface area contributed by atoms with E-state index in [0.717, 1.165) is 20.7 Å². The van der Waals surface area contributed by atoms with Crippen LogP contribution in [0.15, 0.2) is 46.2 Å². The zero-order chi connectivity index (χ0) is 18.0. The zero-order valence-corrected chi connectivity index (χ0v) is 15.6. The number of aliphatic hydroxyl groups excluding tert-OH is 1. The van der Waals surface area contributed by atoms with Gasteiger partial charge in [0.05, 0.1) is 11.5 Å². The van der Waals surface area contributed by atoms with Crippen LogP contribution in [0.5, 0.6) is 0 Å². The van der Waals surface area contributed by atoms with Crippen molar-refractivity contribution < 1.29 is 9.90 Å². The summed E-state index contributed by atoms with van der Waals surface area (Å²) < 4.78 is 0. The van der Waals surface area contributed by atoms with Crippen LogP contribution in [-0.2, 0) is 0 Å². The average molecular weight is 375 g/mol. The second-order valence-electron chi connectivity index (χ2n) is 5.80. The van der Waals surface area contributed by atoms with Gasteiger partial charge in [-0.05, 0) is 49.2 Å². The summed E-state index contributed by atoms with van der Waals surface area (Å²) in [6.45, 7) is 4.26. The smallest absolute Gasteiger partial charge is 0.268 e. The summed E-state index contributed by atoms with van der Waals surface area (Å²) in [6.07, 6.45) is 0. The number of amides is 1. The number of fused-ring (bicyclic) bond motifs is 1. The molecule has 0 saturated carbocycles. The van der Waals surface area contributed by atoms with Crippen LogP contribution in [0.1, 0.15) is 21.6 Å². The predicted molar refractivity (Wildman–Crippen MR) is 103 cm³/mol. The van der Waals surface area contributed by atoms with Crippen LogP contribution in [0.4, 0.5) is 0 Å². The molecule has 0 aliphatic heterocycles. The van der Waals surface area contributed by atoms with Crippen LogP contribution < -0.4 is 5.32 Å². The molecule has 0 atom stereocenters. The Morgan fingerprint density at radius 1 is 1.28 bits per heavy atom. The van der Waals surface area contributed by atoms with Gasteiger partial charge in [-0.25, -0.2) is 0 Å². The number of H-pyrrole nitrogens is 1. The number of aromatic nitrogens is 1. The van der Waals surface area contributed by atoms with Gasteiger partial charge in [-0.3, -0.25) is 4.79 Å². The standard InChI is InChI=1S/C19H19ClN2O2S/c1-11-4-3-5-16(12(11)2)25-18-14-10-13(20)6-7-15(14)22-17(18)19(24)21-8-9-23/h3-7,10,22-23H,8-9H2,1-2H3,(H,21,24). The molecule has 130 valence electrons. The Hall–Kier alpha value is -1.95. The SMILES string of the molecule is Cc1cccc(Sc2c(C(=O)NCCO)[nH]c3ccc(Cl)cc23)c1C. The van der Waals surface area contributed by atoms with Crippen molar-refractivity contribution in [1.82, 2.24) is 10.3 Å². The van der Waals surface area contributed by atoms with Gasteiger partial charge in [0, 0.05) is 27.4 Å². The molecule has 4 nitrogen and oxygen atoms in total. The lowest BCUT2D eigenvalue weighted by Gasteiger charge is -2.09. The summed E-state index contributed by atoms with van der Waals surface area (Å²) in [6, 6.07) is 11.7. The molecular formula is C19H19ClN2O2S. The van der Waals surface area contributed by atoms with E-state index in [1.54, 1.807) is 17.8 Å². The minimum absolute atomic E-state index is 0.0999. The van der Waals surface area contributed by atoms with E-state index in [2.05, 4.69) is 30.2 Å². The fraction of sp³-hybridized carbons (Fsp3) is 0.211. The summed E-state index contributed by atoms with van der Waals surface area (Å²) >= 11 is 7.71. The van der Waals surface area contributed by atoms with Crippen LogP contribution in [0.2, 0.25) is 5.02 Å². The number of aryl methyl sites for hydroxylation is 1. The maximum Gasteiger partial charge on any atom is 0.268 e. The molecule has 0 fully saturated rings. The maximum atomic E-state index is 12.5. The maximum absolute atomic E-state index is 12.5. The quantitative estimate of drug-likeness (QED) is 0.623. The molecule has 0 bridgehead atoms. The molecule has 1 heterocycles. The highest BCUT2D eigenvalue weighted by Crippen LogP contribution is 2.39. The predicted octanol–water partition coefficient (Wildman–Crippen LogP) is 4.31. The summed E-state index contributed by atoms with van der Waals surface area (Å²) in [5.41, 5.74) is 3.72. The topological polar surface area (TPSA) is 65.1 Å². The highest BCUT2D eigenvalue weighted by atomic mass is 35.5. The summed E-state index contributed by atoms with van der Waals surface area (Å²) in [5, 5.41) is 13.2. The number of nitrogens with one attached hydrogen (secondary N) is 2. The number of carbonyl (C=O) groups is 1. The first-order valence-corrected chi connectivity index (χ1v) is 9.15. The molecular weight excluding hydrogens is 356 g/mol. The van der Waals surface area contributed by atoms with E-state index >= 15 is 0 Å². The summed E-state index contributed by atoms with van der Waals surface area (Å²) in [4.78, 5) is 17.6. The largest absolute Gasteiger partial charge is 0.395 e. The molecule has 0 spiro atoms. The molecule has 0 unspecified atom stereocenters. The van der Waals surface area contributed by atoms with Crippen molar-refractivity contribution in [3.63, 3.8) is 0 Å². The van der Waals surface area contributed by atoms with Crippen LogP contribution in [-0.4, -0.2) is 29.1 Å². The van der Waals surface area contributed by atoms with E-state index < -0.39 is 0 Å². The fourth-order valence-electron chi connectivity index (χ4n) is 2.61. The minimum Gasteiger partial charge on any atom is -0.395 e. The fourth-order valence-corrected chi connectivity index (χ4v) is 3.99. The molecule has 1 aromatic heterocycles. The van der Waals surface area contributed by atoms with E-state index in [9.17, 15) is 4.79 Å². The first-order valence-electron chi connectivity index (χ1n) is 7.95. The number of halogens is 1. The van der Waals surface area contributed by atoms with Gasteiger partial charge in [0.2, 0.25) is 0 Å². The van der Waals surface area contributed by atoms with Gasteiger partial charge in [-0.2, -0.15) is 0 Å². The average Bonchev–Trinajstić information content (AvgIpc) is 2.94. The number of hydrogen-bond donors (Lipinski definition) is 3. The van der Waals surface area contributed by atoms with Crippen LogP contribution in [0.3, 0.4) is 0 Å². The van der Waals surface area contributed by atoms with Crippen molar-refractivity contribution in [1.29, 1.82) is 0 Å². The Bertz CT molecular complexity index is 937. The molecule has 0 saturated heterocycles. The molecule has 3 aromatic rings. The van der Waals surface area contributed by atoms with Gasteiger partial charge in [-0.15, -0.1) is 0 Å². The molecule has 1 amide bonds. The van der Waals surface area contributed by atoms with Crippen molar-refractivity contribution in [2.24, 2.45) is 0 Å². The molecule has 3 rings (SSSR count). The Balaban J connectivity index is 2.11. The molecule has 0 aliphatic rings. The Morgan fingerprint density at radius 2 is 2.08 bits per heavy atom. The van der Waals surface area contributed by atoms with Crippen LogP contribution in [0.25, 0.3) is 10.9 Å². The first kappa shape index (κ1) is 17.9. The van der Waals surface area contributed by atoms with Crippen molar-refractivity contribution in [2.45, 2.75) is 23.6 Å². The van der Waals surface area contributed by atoms with E-state index in [-0.39, 0.29) is 19.1 Å². The second-order valence-corrected chi connectivity index (χ2v) is 7.29. The second kappa shape index (κ2) is 7.52. The third-order valence-electron chi connectivity index (χ3n) is 4.10. The zero-order valence-electron chi connectivity index (χ0n) is 14.0. The van der Waals surface area contributed by atoms with Crippen LogP contribution >= 0.6 is 23.4 Å². The number of hydrogen-bond acceptors (Lipinski definition) is 3. The van der Waals surface area contributed by atoms with Crippen LogP contribution in [0, 0.1) is 13.8 Å². The third-order valence-corrected chi connectivity index (χ3v) is 5.63. The number of carbonyl (C=O) groups excluding carboxylic acids is 1. The van der Waals surface area contributed by atoms with E-state index in [1.165, 1.54) is 11.1 Å². The number of aromatic amines is 1. The lowest BCUT2D eigenvalue weighted by Crippen LogP contribution is -2.27. The molecule has 25 heavy (non-hydrogen) atoms. The van der Waals surface area contributed by atoms with E-state index in [4.69, 9.17) is 16.7 Å². The summed E-state index contributed by atoms with van der Waals surface area (Å²) in [7, 11) is 0. The van der Waals surface area contributed by atoms with Gasteiger partial charge in [-0.1, -0.05) is 35.5 Å². The van der Waals surface area contributed by atoms with Crippen molar-refractivity contribution in [3.8, 4) is 0 Å². The third kappa shape index (κ3) is 3.68. The normalized spacial score (nSPS) is 11.0. The Labute approximate surface area is 155 Å². The van der Waals surface area contributed by atoms with Gasteiger partial charge < -0.3 is 15.4 Å². The minimum atomic E-state index is -0.242. The molecule has 0 aliphatic carbocycles. The van der Waals surface area contributed by atoms with Gasteiger partial charge in [0.25, 0.3) is 5.91 Å². The number of aliphatic hydroxyl groups is 1. The van der Waals surface area contributed by atoms with E-state index in [0.29, 0.717) is 10.7 Å². The molecule has 3 N–H and O–H groups in total. The molecule has 6 heteroatoms. The van der Waals surface area contributed by atoms with Gasteiger partial charge in [0.15, 0.2) is 0 Å². The summed E-state index contributed by atoms with van der Waals surface area (Å²) in [5.74, 6) is -0.242. The molecule has 0 radical (unpaired) electrons. The number of rotatable bonds is 5. The van der Waals surface area contributed by atoms with Gasteiger partial charge >= 0.3 is 0 Å². The highest BCUT2D eigenvalue weighted by molar-refractivity contribution is 7.99. The van der Waals surface area contributed by atoms with Gasteiger partial charge in [0.1, 0.15) is 5.69 Å². The lowest BCUT2D eigenvalue weighted by molar-refractivity contribution is 0.0937. The lowest BCUT2D eigenvalue weighted by atomic mass is 10.1. The van der Waals surface area contributed by atoms with E-state index in [1.807, 2.05) is 24.3 Å². The van der Waals surface area contributed by atoms with Crippen molar-refractivity contribution >= 4 is 40.2 Å². The Morgan fingerprint density at radius 3 is 2.84 bits per heavy atom. The van der Waals surface area contributed by atoms with Crippen molar-refractivity contribution in [2.75, 3.05) is 13.2 Å². The highest BCUT2D eigenvalue weighted by Gasteiger charge is 2.19. The van der Waals surface area contributed by atoms with Crippen molar-refractivity contribution in [3.05, 3.63) is 58.2 Å². The monoisotopic (exact) mass is 374 g/mol. The molecule has 2 aromatic carbocycles. The number of benzene rings is 2. The Kier molecular flexibility index (Phi) is 5.37.